The van der Waals surface area contributed by atoms with E-state index in [9.17, 15) is 5.11 Å². The molecule has 1 N–H and O–H groups in total. The van der Waals surface area contributed by atoms with E-state index in [2.05, 4.69) is 26.8 Å². The molecule has 0 fully saturated rings. The van der Waals surface area contributed by atoms with Crippen molar-refractivity contribution in [3.63, 3.8) is 0 Å². The summed E-state index contributed by atoms with van der Waals surface area (Å²) in [6.07, 6.45) is 1.30. The summed E-state index contributed by atoms with van der Waals surface area (Å²) in [5, 5.41) is 10.2. The van der Waals surface area contributed by atoms with Crippen molar-refractivity contribution < 1.29 is 9.84 Å². The summed E-state index contributed by atoms with van der Waals surface area (Å²) in [7, 11) is 0. The Morgan fingerprint density at radius 2 is 2.12 bits per heavy atom. The van der Waals surface area contributed by atoms with Crippen LogP contribution in [0.1, 0.15) is 44.4 Å². The highest BCUT2D eigenvalue weighted by molar-refractivity contribution is 5.45. The van der Waals surface area contributed by atoms with Crippen molar-refractivity contribution in [1.82, 2.24) is 0 Å². The molecule has 0 radical (unpaired) electrons. The summed E-state index contributed by atoms with van der Waals surface area (Å²) in [5.74, 6) is 0.916. The van der Waals surface area contributed by atoms with Gasteiger partial charge in [0, 0.05) is 12.0 Å². The van der Waals surface area contributed by atoms with Crippen molar-refractivity contribution in [3.05, 3.63) is 29.3 Å². The number of hydrogen-bond donors (Lipinski definition) is 1. The maximum absolute atomic E-state index is 10.2. The second-order valence-electron chi connectivity index (χ2n) is 5.71. The van der Waals surface area contributed by atoms with Crippen LogP contribution in [0.4, 0.5) is 0 Å². The molecule has 0 aromatic heterocycles. The Hall–Kier alpha value is -1.02. The molecule has 1 aliphatic heterocycles. The lowest BCUT2D eigenvalue weighted by Crippen LogP contribution is -2.12. The Kier molecular flexibility index (Phi) is 2.94. The topological polar surface area (TPSA) is 29.5 Å². The molecule has 1 aromatic carbocycles. The normalized spacial score (nSPS) is 16.8. The molecule has 1 aliphatic rings. The number of para-hydroxylation sites is 1. The first-order valence-corrected chi connectivity index (χ1v) is 5.90. The van der Waals surface area contributed by atoms with Crippen LogP contribution in [0.15, 0.2) is 18.2 Å². The predicted molar refractivity (Wildman–Crippen MR) is 64.7 cm³/mol. The zero-order valence-electron chi connectivity index (χ0n) is 10.3. The lowest BCUT2D eigenvalue weighted by molar-refractivity contribution is 0.119. The van der Waals surface area contributed by atoms with Crippen molar-refractivity contribution >= 4 is 0 Å². The first kappa shape index (κ1) is 11.5. The van der Waals surface area contributed by atoms with E-state index in [1.54, 1.807) is 0 Å². The highest BCUT2D eigenvalue weighted by atomic mass is 16.5. The summed E-state index contributed by atoms with van der Waals surface area (Å²) in [4.78, 5) is 0. The van der Waals surface area contributed by atoms with Gasteiger partial charge in [0.05, 0.1) is 12.7 Å². The first-order valence-electron chi connectivity index (χ1n) is 5.90. The van der Waals surface area contributed by atoms with Crippen LogP contribution < -0.4 is 4.74 Å². The van der Waals surface area contributed by atoms with Crippen molar-refractivity contribution in [2.75, 3.05) is 6.61 Å². The van der Waals surface area contributed by atoms with Crippen LogP contribution in [0.5, 0.6) is 5.75 Å². The Labute approximate surface area is 97.3 Å². The summed E-state index contributed by atoms with van der Waals surface area (Å²) in [6, 6.07) is 6.06. The van der Waals surface area contributed by atoms with Crippen molar-refractivity contribution in [3.8, 4) is 5.75 Å². The minimum atomic E-state index is -0.423. The van der Waals surface area contributed by atoms with E-state index < -0.39 is 6.10 Å². The maximum Gasteiger partial charge on any atom is 0.128 e. The Bertz CT molecular complexity index is 377. The van der Waals surface area contributed by atoms with Gasteiger partial charge in [0.1, 0.15) is 5.75 Å². The zero-order chi connectivity index (χ0) is 11.8. The molecule has 0 saturated heterocycles. The molecule has 16 heavy (non-hydrogen) atoms. The fourth-order valence-electron chi connectivity index (χ4n) is 2.19. The van der Waals surface area contributed by atoms with E-state index in [0.717, 1.165) is 30.8 Å². The zero-order valence-corrected chi connectivity index (χ0v) is 10.3. The van der Waals surface area contributed by atoms with Gasteiger partial charge in [-0.05, 0) is 17.4 Å². The predicted octanol–water partition coefficient (Wildman–Crippen LogP) is 3.09. The minimum absolute atomic E-state index is 0.126. The molecule has 1 atom stereocenters. The molecule has 0 aliphatic carbocycles. The SMILES string of the molecule is CC(C)(C)CC(O)c1cccc2c1OCC2. The molecule has 2 nitrogen and oxygen atoms in total. The van der Waals surface area contributed by atoms with Gasteiger partial charge in [-0.1, -0.05) is 39.0 Å². The number of aliphatic hydroxyl groups excluding tert-OH is 1. The highest BCUT2D eigenvalue weighted by Crippen LogP contribution is 2.37. The highest BCUT2D eigenvalue weighted by Gasteiger charge is 2.24. The van der Waals surface area contributed by atoms with Gasteiger partial charge in [0.2, 0.25) is 0 Å². The van der Waals surface area contributed by atoms with Crippen LogP contribution >= 0.6 is 0 Å². The number of aliphatic hydroxyl groups is 1. The standard InChI is InChI=1S/C14H20O2/c1-14(2,3)9-12(15)11-6-4-5-10-7-8-16-13(10)11/h4-6,12,15H,7-9H2,1-3H3. The van der Waals surface area contributed by atoms with Crippen LogP contribution in [-0.4, -0.2) is 11.7 Å². The molecular formula is C14H20O2. The molecule has 1 unspecified atom stereocenters. The molecule has 0 amide bonds. The van der Waals surface area contributed by atoms with E-state index in [4.69, 9.17) is 4.74 Å². The van der Waals surface area contributed by atoms with Crippen LogP contribution in [0.3, 0.4) is 0 Å². The molecule has 2 rings (SSSR count). The average molecular weight is 220 g/mol. The fraction of sp³-hybridized carbons (Fsp3) is 0.571. The second-order valence-corrected chi connectivity index (χ2v) is 5.71. The molecule has 1 heterocycles. The third-order valence-electron chi connectivity index (χ3n) is 2.91. The average Bonchev–Trinajstić information content (AvgIpc) is 2.61. The van der Waals surface area contributed by atoms with Gasteiger partial charge >= 0.3 is 0 Å². The van der Waals surface area contributed by atoms with Gasteiger partial charge in [0.25, 0.3) is 0 Å². The van der Waals surface area contributed by atoms with Crippen LogP contribution in [-0.2, 0) is 6.42 Å². The van der Waals surface area contributed by atoms with Gasteiger partial charge < -0.3 is 9.84 Å². The summed E-state index contributed by atoms with van der Waals surface area (Å²) < 4.78 is 5.61. The van der Waals surface area contributed by atoms with Gasteiger partial charge in [-0.25, -0.2) is 0 Å². The molecule has 0 saturated carbocycles. The second kappa shape index (κ2) is 4.10. The molecule has 0 bridgehead atoms. The number of rotatable bonds is 2. The minimum Gasteiger partial charge on any atom is -0.493 e. The Balaban J connectivity index is 2.24. The summed E-state index contributed by atoms with van der Waals surface area (Å²) in [5.41, 5.74) is 2.30. The maximum atomic E-state index is 10.2. The summed E-state index contributed by atoms with van der Waals surface area (Å²) >= 11 is 0. The Morgan fingerprint density at radius 1 is 1.38 bits per heavy atom. The third-order valence-corrected chi connectivity index (χ3v) is 2.91. The summed E-state index contributed by atoms with van der Waals surface area (Å²) in [6.45, 7) is 7.16. The van der Waals surface area contributed by atoms with Gasteiger partial charge in [-0.15, -0.1) is 0 Å². The third kappa shape index (κ3) is 2.38. The molecular weight excluding hydrogens is 200 g/mol. The Morgan fingerprint density at radius 3 is 2.81 bits per heavy atom. The van der Waals surface area contributed by atoms with E-state index in [-0.39, 0.29) is 5.41 Å². The molecule has 2 heteroatoms. The van der Waals surface area contributed by atoms with Crippen LogP contribution in [0, 0.1) is 5.41 Å². The first-order chi connectivity index (χ1) is 7.47. The van der Waals surface area contributed by atoms with E-state index in [1.807, 2.05) is 12.1 Å². The molecule has 1 aromatic rings. The molecule has 0 spiro atoms. The van der Waals surface area contributed by atoms with Gasteiger partial charge in [-0.3, -0.25) is 0 Å². The van der Waals surface area contributed by atoms with Crippen LogP contribution in [0.25, 0.3) is 0 Å². The fourth-order valence-corrected chi connectivity index (χ4v) is 2.19. The van der Waals surface area contributed by atoms with E-state index >= 15 is 0 Å². The molecule has 88 valence electrons. The van der Waals surface area contributed by atoms with Crippen molar-refractivity contribution in [2.24, 2.45) is 5.41 Å². The van der Waals surface area contributed by atoms with Gasteiger partial charge in [0.15, 0.2) is 0 Å². The van der Waals surface area contributed by atoms with Crippen molar-refractivity contribution in [1.29, 1.82) is 0 Å². The monoisotopic (exact) mass is 220 g/mol. The van der Waals surface area contributed by atoms with Crippen LogP contribution in [0.2, 0.25) is 0 Å². The van der Waals surface area contributed by atoms with E-state index in [1.165, 1.54) is 5.56 Å². The number of hydrogen-bond acceptors (Lipinski definition) is 2. The lowest BCUT2D eigenvalue weighted by Gasteiger charge is -2.23. The van der Waals surface area contributed by atoms with Crippen molar-refractivity contribution in [2.45, 2.75) is 39.7 Å². The largest absolute Gasteiger partial charge is 0.493 e. The smallest absolute Gasteiger partial charge is 0.128 e. The number of ether oxygens (including phenoxy) is 1. The van der Waals surface area contributed by atoms with Gasteiger partial charge in [-0.2, -0.15) is 0 Å². The quantitative estimate of drug-likeness (QED) is 0.830. The number of benzene rings is 1. The number of fused-ring (bicyclic) bond motifs is 1. The van der Waals surface area contributed by atoms with E-state index in [0.29, 0.717) is 0 Å². The lowest BCUT2D eigenvalue weighted by atomic mass is 9.86.